The molecule has 3 aromatic carbocycles. The van der Waals surface area contributed by atoms with E-state index in [1.165, 1.54) is 36.4 Å². The van der Waals surface area contributed by atoms with E-state index in [-0.39, 0.29) is 16.3 Å². The molecule has 0 bridgehead atoms. The quantitative estimate of drug-likeness (QED) is 0.422. The van der Waals surface area contributed by atoms with E-state index in [4.69, 9.17) is 4.74 Å². The van der Waals surface area contributed by atoms with Gasteiger partial charge in [0.15, 0.2) is 0 Å². The second-order valence-corrected chi connectivity index (χ2v) is 11.0. The summed E-state index contributed by atoms with van der Waals surface area (Å²) in [6.45, 7) is 1.74. The van der Waals surface area contributed by atoms with Crippen molar-refractivity contribution in [2.75, 3.05) is 33.8 Å². The van der Waals surface area contributed by atoms with Crippen molar-refractivity contribution in [3.05, 3.63) is 78.6 Å². The van der Waals surface area contributed by atoms with E-state index in [0.29, 0.717) is 18.0 Å². The van der Waals surface area contributed by atoms with Crippen molar-refractivity contribution in [3.8, 4) is 5.75 Å². The molecule has 0 saturated heterocycles. The number of carbonyl (C=O) groups is 1. The predicted octanol–water partition coefficient (Wildman–Crippen LogP) is 3.43. The van der Waals surface area contributed by atoms with Crippen LogP contribution in [0, 0.1) is 5.82 Å². The second-order valence-electron chi connectivity index (χ2n) is 7.38. The highest BCUT2D eigenvalue weighted by molar-refractivity contribution is 7.92. The fourth-order valence-electron chi connectivity index (χ4n) is 3.08. The Morgan fingerprint density at radius 3 is 2.14 bits per heavy atom. The second kappa shape index (κ2) is 10.7. The van der Waals surface area contributed by atoms with Crippen LogP contribution in [0.15, 0.2) is 77.7 Å². The van der Waals surface area contributed by atoms with E-state index in [1.54, 1.807) is 24.3 Å². The number of nitrogens with zero attached hydrogens (tertiary/aromatic N) is 1. The lowest BCUT2D eigenvalue weighted by molar-refractivity contribution is -0.114. The Morgan fingerprint density at radius 2 is 1.57 bits per heavy atom. The average molecular weight is 522 g/mol. The fraction of sp³-hybridized carbons (Fsp3) is 0.174. The molecule has 0 heterocycles. The minimum absolute atomic E-state index is 0.00413. The first-order chi connectivity index (χ1) is 16.5. The number of amides is 1. The van der Waals surface area contributed by atoms with Crippen molar-refractivity contribution in [3.63, 3.8) is 0 Å². The SMILES string of the molecule is CCOc1ccc(NS(=O)(=O)c2ccc(NC(=O)CN(c3cccc(F)c3)S(C)(=O)=O)cc2)cc1. The van der Waals surface area contributed by atoms with E-state index in [1.807, 2.05) is 6.92 Å². The van der Waals surface area contributed by atoms with Gasteiger partial charge in [0.1, 0.15) is 18.1 Å². The van der Waals surface area contributed by atoms with E-state index in [0.717, 1.165) is 22.7 Å². The minimum atomic E-state index is -3.89. The summed E-state index contributed by atoms with van der Waals surface area (Å²) in [6.07, 6.45) is 0.905. The molecule has 1 amide bonds. The van der Waals surface area contributed by atoms with Gasteiger partial charge in [-0.05, 0) is 73.7 Å². The summed E-state index contributed by atoms with van der Waals surface area (Å²) in [7, 11) is -7.76. The average Bonchev–Trinajstić information content (AvgIpc) is 2.78. The standard InChI is InChI=1S/C23H24FN3O6S2/c1-3-33-21-11-7-19(8-12-21)26-35(31,32)22-13-9-18(10-14-22)25-23(28)16-27(34(2,29)30)20-6-4-5-17(24)15-20/h4-15,26H,3,16H2,1-2H3,(H,25,28). The van der Waals surface area contributed by atoms with Gasteiger partial charge in [0.2, 0.25) is 15.9 Å². The highest BCUT2D eigenvalue weighted by Gasteiger charge is 2.21. The van der Waals surface area contributed by atoms with Crippen molar-refractivity contribution in [2.45, 2.75) is 11.8 Å². The molecule has 2 N–H and O–H groups in total. The lowest BCUT2D eigenvalue weighted by Crippen LogP contribution is -2.37. The Balaban J connectivity index is 1.68. The van der Waals surface area contributed by atoms with Crippen LogP contribution in [0.2, 0.25) is 0 Å². The van der Waals surface area contributed by atoms with Gasteiger partial charge >= 0.3 is 0 Å². The molecule has 0 saturated carbocycles. The lowest BCUT2D eigenvalue weighted by atomic mass is 10.3. The maximum atomic E-state index is 13.5. The normalized spacial score (nSPS) is 11.5. The fourth-order valence-corrected chi connectivity index (χ4v) is 4.99. The Kier molecular flexibility index (Phi) is 7.97. The summed E-state index contributed by atoms with van der Waals surface area (Å²) >= 11 is 0. The summed E-state index contributed by atoms with van der Waals surface area (Å²) < 4.78 is 71.7. The van der Waals surface area contributed by atoms with Crippen LogP contribution in [0.3, 0.4) is 0 Å². The minimum Gasteiger partial charge on any atom is -0.494 e. The number of hydrogen-bond donors (Lipinski definition) is 2. The number of sulfonamides is 2. The maximum absolute atomic E-state index is 13.5. The van der Waals surface area contributed by atoms with E-state index < -0.39 is 38.3 Å². The van der Waals surface area contributed by atoms with Gasteiger partial charge in [0.25, 0.3) is 10.0 Å². The number of benzene rings is 3. The van der Waals surface area contributed by atoms with Gasteiger partial charge in [-0.2, -0.15) is 0 Å². The van der Waals surface area contributed by atoms with Gasteiger partial charge < -0.3 is 10.1 Å². The van der Waals surface area contributed by atoms with Crippen LogP contribution in [0.1, 0.15) is 6.92 Å². The topological polar surface area (TPSA) is 122 Å². The molecule has 0 radical (unpaired) electrons. The van der Waals surface area contributed by atoms with Gasteiger partial charge in [0, 0.05) is 11.4 Å². The Morgan fingerprint density at radius 1 is 0.943 bits per heavy atom. The number of carbonyl (C=O) groups excluding carboxylic acids is 1. The highest BCUT2D eigenvalue weighted by atomic mass is 32.2. The summed E-state index contributed by atoms with van der Waals surface area (Å²) in [4.78, 5) is 12.4. The van der Waals surface area contributed by atoms with Crippen molar-refractivity contribution < 1.29 is 30.8 Å². The zero-order chi connectivity index (χ0) is 25.6. The zero-order valence-electron chi connectivity index (χ0n) is 18.9. The van der Waals surface area contributed by atoms with Crippen molar-refractivity contribution in [2.24, 2.45) is 0 Å². The maximum Gasteiger partial charge on any atom is 0.261 e. The van der Waals surface area contributed by atoms with Gasteiger partial charge in [-0.15, -0.1) is 0 Å². The Labute approximate surface area is 203 Å². The van der Waals surface area contributed by atoms with E-state index in [2.05, 4.69) is 10.0 Å². The molecule has 0 aliphatic carbocycles. The monoisotopic (exact) mass is 521 g/mol. The highest BCUT2D eigenvalue weighted by Crippen LogP contribution is 2.22. The van der Waals surface area contributed by atoms with Crippen molar-refractivity contribution in [1.29, 1.82) is 0 Å². The molecule has 0 unspecified atom stereocenters. The van der Waals surface area contributed by atoms with Gasteiger partial charge in [0.05, 0.1) is 23.4 Å². The molecule has 0 spiro atoms. The molecule has 3 rings (SSSR count). The number of ether oxygens (including phenoxy) is 1. The third kappa shape index (κ3) is 7.17. The van der Waals surface area contributed by atoms with Crippen LogP contribution < -0.4 is 19.1 Å². The van der Waals surface area contributed by atoms with Crippen LogP contribution in [0.25, 0.3) is 0 Å². The molecule has 12 heteroatoms. The van der Waals surface area contributed by atoms with Gasteiger partial charge in [-0.1, -0.05) is 6.07 Å². The molecule has 0 aliphatic rings. The number of halogens is 1. The van der Waals surface area contributed by atoms with Crippen molar-refractivity contribution in [1.82, 2.24) is 0 Å². The van der Waals surface area contributed by atoms with E-state index in [9.17, 15) is 26.0 Å². The van der Waals surface area contributed by atoms with Crippen LogP contribution in [-0.4, -0.2) is 42.2 Å². The molecular formula is C23H24FN3O6S2. The van der Waals surface area contributed by atoms with Crippen LogP contribution >= 0.6 is 0 Å². The summed E-state index contributed by atoms with van der Waals surface area (Å²) in [5.74, 6) is -0.725. The summed E-state index contributed by atoms with van der Waals surface area (Å²) in [6, 6.07) is 16.6. The molecule has 9 nitrogen and oxygen atoms in total. The number of anilines is 3. The molecule has 0 aliphatic heterocycles. The van der Waals surface area contributed by atoms with Gasteiger partial charge in [-0.3, -0.25) is 13.8 Å². The number of rotatable bonds is 10. The number of hydrogen-bond acceptors (Lipinski definition) is 6. The summed E-state index contributed by atoms with van der Waals surface area (Å²) in [5.41, 5.74) is 0.608. The number of nitrogens with one attached hydrogen (secondary N) is 2. The smallest absolute Gasteiger partial charge is 0.261 e. The largest absolute Gasteiger partial charge is 0.494 e. The first-order valence-electron chi connectivity index (χ1n) is 10.4. The predicted molar refractivity (Wildman–Crippen MR) is 132 cm³/mol. The molecule has 0 aromatic heterocycles. The lowest BCUT2D eigenvalue weighted by Gasteiger charge is -2.22. The van der Waals surface area contributed by atoms with E-state index >= 15 is 0 Å². The Bertz CT molecular complexity index is 1390. The molecule has 0 atom stereocenters. The molecular weight excluding hydrogens is 497 g/mol. The van der Waals surface area contributed by atoms with Gasteiger partial charge in [-0.25, -0.2) is 21.2 Å². The van der Waals surface area contributed by atoms with Crippen LogP contribution in [-0.2, 0) is 24.8 Å². The summed E-state index contributed by atoms with van der Waals surface area (Å²) in [5, 5.41) is 2.51. The third-order valence-electron chi connectivity index (χ3n) is 4.65. The molecule has 35 heavy (non-hydrogen) atoms. The molecule has 186 valence electrons. The zero-order valence-corrected chi connectivity index (χ0v) is 20.6. The third-order valence-corrected chi connectivity index (χ3v) is 7.19. The first-order valence-corrected chi connectivity index (χ1v) is 13.7. The molecule has 3 aromatic rings. The van der Waals surface area contributed by atoms with Crippen LogP contribution in [0.5, 0.6) is 5.75 Å². The molecule has 0 fully saturated rings. The Hall–Kier alpha value is -3.64. The first kappa shape index (κ1) is 26.0. The van der Waals surface area contributed by atoms with Crippen LogP contribution in [0.4, 0.5) is 21.5 Å². The van der Waals surface area contributed by atoms with Crippen molar-refractivity contribution >= 4 is 43.0 Å².